The van der Waals surface area contributed by atoms with Gasteiger partial charge in [0.25, 0.3) is 0 Å². The third-order valence-corrected chi connectivity index (χ3v) is 3.81. The Morgan fingerprint density at radius 1 is 1.05 bits per heavy atom. The van der Waals surface area contributed by atoms with Crippen LogP contribution < -0.4 is 4.74 Å². The molecule has 2 aromatic carbocycles. The van der Waals surface area contributed by atoms with Crippen LogP contribution in [0.1, 0.15) is 40.2 Å². The van der Waals surface area contributed by atoms with Crippen LogP contribution in [0.5, 0.6) is 5.75 Å². The van der Waals surface area contributed by atoms with E-state index >= 15 is 0 Å². The summed E-state index contributed by atoms with van der Waals surface area (Å²) in [6.07, 6.45) is 1.52. The molecule has 0 heterocycles. The molecule has 1 aliphatic carbocycles. The summed E-state index contributed by atoms with van der Waals surface area (Å²) in [5.41, 5.74) is 3.29. The van der Waals surface area contributed by atoms with Crippen molar-refractivity contribution < 1.29 is 9.53 Å². The first-order chi connectivity index (χ1) is 9.29. The average Bonchev–Trinajstić information content (AvgIpc) is 2.48. The van der Waals surface area contributed by atoms with Crippen LogP contribution in [0.25, 0.3) is 0 Å². The number of ketones is 1. The third kappa shape index (κ3) is 2.14. The van der Waals surface area contributed by atoms with Gasteiger partial charge in [0.15, 0.2) is 5.78 Å². The van der Waals surface area contributed by atoms with Gasteiger partial charge in [-0.05, 0) is 29.7 Å². The second-order valence-corrected chi connectivity index (χ2v) is 4.87. The van der Waals surface area contributed by atoms with Crippen LogP contribution >= 0.6 is 0 Å². The predicted octanol–water partition coefficient (Wildman–Crippen LogP) is 3.80. The van der Waals surface area contributed by atoms with Gasteiger partial charge in [-0.2, -0.15) is 0 Å². The van der Waals surface area contributed by atoms with E-state index in [-0.39, 0.29) is 5.78 Å². The summed E-state index contributed by atoms with van der Waals surface area (Å²) >= 11 is 0. The fraction of sp³-hybridized carbons (Fsp3) is 0.235. The van der Waals surface area contributed by atoms with Crippen LogP contribution in [0, 0.1) is 0 Å². The van der Waals surface area contributed by atoms with Crippen LogP contribution in [-0.2, 0) is 0 Å². The summed E-state index contributed by atoms with van der Waals surface area (Å²) in [5.74, 6) is 1.45. The minimum atomic E-state index is 0.264. The molecule has 0 N–H and O–H groups in total. The molecule has 0 aromatic heterocycles. The van der Waals surface area contributed by atoms with Gasteiger partial charge in [-0.15, -0.1) is 0 Å². The number of methoxy groups -OCH3 is 1. The molecule has 3 rings (SSSR count). The van der Waals surface area contributed by atoms with Gasteiger partial charge < -0.3 is 4.74 Å². The number of carbonyl (C=O) groups excluding carboxylic acids is 1. The molecule has 0 aliphatic heterocycles. The number of ether oxygens (including phenoxy) is 1. The monoisotopic (exact) mass is 252 g/mol. The number of rotatable bonds is 2. The highest BCUT2D eigenvalue weighted by molar-refractivity contribution is 5.99. The zero-order valence-corrected chi connectivity index (χ0v) is 10.9. The lowest BCUT2D eigenvalue weighted by atomic mass is 9.78. The molecule has 2 nitrogen and oxygen atoms in total. The van der Waals surface area contributed by atoms with E-state index < -0.39 is 0 Å². The fourth-order valence-corrected chi connectivity index (χ4v) is 2.80. The average molecular weight is 252 g/mol. The number of hydrogen-bond acceptors (Lipinski definition) is 2. The molecule has 1 atom stereocenters. The maximum atomic E-state index is 11.9. The van der Waals surface area contributed by atoms with Crippen LogP contribution in [-0.4, -0.2) is 12.9 Å². The topological polar surface area (TPSA) is 26.3 Å². The summed E-state index contributed by atoms with van der Waals surface area (Å²) < 4.78 is 5.19. The van der Waals surface area contributed by atoms with Crippen molar-refractivity contribution in [1.82, 2.24) is 0 Å². The predicted molar refractivity (Wildman–Crippen MR) is 74.8 cm³/mol. The van der Waals surface area contributed by atoms with E-state index in [4.69, 9.17) is 4.74 Å². The standard InChI is InChI=1S/C17H16O2/c1-19-13-8-6-12(7-9-13)14-10-11-17(18)16-5-3-2-4-15(14)16/h2-9,14H,10-11H2,1H3/t14-/m1/s1. The molecule has 19 heavy (non-hydrogen) atoms. The molecule has 0 saturated carbocycles. The van der Waals surface area contributed by atoms with E-state index in [0.29, 0.717) is 12.3 Å². The van der Waals surface area contributed by atoms with Crippen molar-refractivity contribution >= 4 is 5.78 Å². The van der Waals surface area contributed by atoms with E-state index in [0.717, 1.165) is 23.3 Å². The Morgan fingerprint density at radius 3 is 2.53 bits per heavy atom. The van der Waals surface area contributed by atoms with Gasteiger partial charge in [0.2, 0.25) is 0 Å². The van der Waals surface area contributed by atoms with Crippen molar-refractivity contribution in [2.75, 3.05) is 7.11 Å². The summed E-state index contributed by atoms with van der Waals surface area (Å²) in [6, 6.07) is 16.1. The van der Waals surface area contributed by atoms with Gasteiger partial charge in [0.05, 0.1) is 7.11 Å². The van der Waals surface area contributed by atoms with Crippen molar-refractivity contribution in [3.8, 4) is 5.75 Å². The second kappa shape index (κ2) is 4.88. The quantitative estimate of drug-likeness (QED) is 0.812. The van der Waals surface area contributed by atoms with Crippen molar-refractivity contribution in [3.05, 3.63) is 65.2 Å². The third-order valence-electron chi connectivity index (χ3n) is 3.81. The van der Waals surface area contributed by atoms with Crippen LogP contribution in [0.15, 0.2) is 48.5 Å². The Morgan fingerprint density at radius 2 is 1.79 bits per heavy atom. The molecule has 0 spiro atoms. The van der Waals surface area contributed by atoms with E-state index in [1.54, 1.807) is 7.11 Å². The van der Waals surface area contributed by atoms with Gasteiger partial charge in [-0.1, -0.05) is 36.4 Å². The fourth-order valence-electron chi connectivity index (χ4n) is 2.80. The van der Waals surface area contributed by atoms with Crippen LogP contribution in [0.3, 0.4) is 0 Å². The maximum Gasteiger partial charge on any atom is 0.163 e. The van der Waals surface area contributed by atoms with Crippen LogP contribution in [0.4, 0.5) is 0 Å². The van der Waals surface area contributed by atoms with Crippen molar-refractivity contribution in [1.29, 1.82) is 0 Å². The smallest absolute Gasteiger partial charge is 0.163 e. The Kier molecular flexibility index (Phi) is 3.08. The normalized spacial score (nSPS) is 17.9. The van der Waals surface area contributed by atoms with Crippen molar-refractivity contribution in [3.63, 3.8) is 0 Å². The molecule has 0 fully saturated rings. The van der Waals surface area contributed by atoms with Crippen LogP contribution in [0.2, 0.25) is 0 Å². The number of carbonyl (C=O) groups is 1. The molecule has 1 aliphatic rings. The van der Waals surface area contributed by atoms with E-state index in [9.17, 15) is 4.79 Å². The van der Waals surface area contributed by atoms with E-state index in [1.165, 1.54) is 5.56 Å². The Bertz CT molecular complexity index is 599. The summed E-state index contributed by atoms with van der Waals surface area (Å²) in [4.78, 5) is 11.9. The minimum Gasteiger partial charge on any atom is -0.497 e. The van der Waals surface area contributed by atoms with Gasteiger partial charge in [0, 0.05) is 17.9 Å². The number of Topliss-reactive ketones (excluding diaryl/α,β-unsaturated/α-hetero) is 1. The molecular formula is C17H16O2. The summed E-state index contributed by atoms with van der Waals surface area (Å²) in [5, 5.41) is 0. The highest BCUT2D eigenvalue weighted by Crippen LogP contribution is 2.36. The second-order valence-electron chi connectivity index (χ2n) is 4.87. The minimum absolute atomic E-state index is 0.264. The van der Waals surface area contributed by atoms with Gasteiger partial charge >= 0.3 is 0 Å². The zero-order valence-electron chi connectivity index (χ0n) is 10.9. The first-order valence-electron chi connectivity index (χ1n) is 6.55. The number of benzene rings is 2. The number of hydrogen-bond donors (Lipinski definition) is 0. The highest BCUT2D eigenvalue weighted by Gasteiger charge is 2.26. The van der Waals surface area contributed by atoms with Gasteiger partial charge in [-0.3, -0.25) is 4.79 Å². The molecule has 2 aromatic rings. The summed E-state index contributed by atoms with van der Waals surface area (Å²) in [7, 11) is 1.67. The lowest BCUT2D eigenvalue weighted by molar-refractivity contribution is 0.0969. The molecule has 0 bridgehead atoms. The SMILES string of the molecule is COc1ccc([C@H]2CCC(=O)c3ccccc32)cc1. The van der Waals surface area contributed by atoms with Crippen molar-refractivity contribution in [2.45, 2.75) is 18.8 Å². The number of fused-ring (bicyclic) bond motifs is 1. The largest absolute Gasteiger partial charge is 0.497 e. The molecule has 0 unspecified atom stereocenters. The molecule has 0 radical (unpaired) electrons. The molecule has 0 amide bonds. The Labute approximate surface area is 113 Å². The van der Waals surface area contributed by atoms with Gasteiger partial charge in [0.1, 0.15) is 5.75 Å². The molecule has 2 heteroatoms. The van der Waals surface area contributed by atoms with Gasteiger partial charge in [-0.25, -0.2) is 0 Å². The highest BCUT2D eigenvalue weighted by atomic mass is 16.5. The van der Waals surface area contributed by atoms with Crippen molar-refractivity contribution in [2.24, 2.45) is 0 Å². The van der Waals surface area contributed by atoms with E-state index in [1.807, 2.05) is 30.3 Å². The summed E-state index contributed by atoms with van der Waals surface area (Å²) in [6.45, 7) is 0. The molecule has 96 valence electrons. The maximum absolute atomic E-state index is 11.9. The zero-order chi connectivity index (χ0) is 13.2. The Hall–Kier alpha value is -2.09. The molecular weight excluding hydrogens is 236 g/mol. The lowest BCUT2D eigenvalue weighted by Crippen LogP contribution is -2.16. The first-order valence-corrected chi connectivity index (χ1v) is 6.55. The Balaban J connectivity index is 2.01. The molecule has 0 saturated heterocycles. The van der Waals surface area contributed by atoms with E-state index in [2.05, 4.69) is 18.2 Å². The first kappa shape index (κ1) is 12.0. The lowest BCUT2D eigenvalue weighted by Gasteiger charge is -2.25.